The van der Waals surface area contributed by atoms with E-state index in [-0.39, 0.29) is 5.91 Å². The van der Waals surface area contributed by atoms with E-state index in [1.165, 1.54) is 25.7 Å². The lowest BCUT2D eigenvalue weighted by Crippen LogP contribution is -2.43. The van der Waals surface area contributed by atoms with Crippen LogP contribution in [0.2, 0.25) is 0 Å². The average Bonchev–Trinajstić information content (AvgIpc) is 3.41. The van der Waals surface area contributed by atoms with Crippen molar-refractivity contribution in [2.45, 2.75) is 82.8 Å². The molecule has 22 heavy (non-hydrogen) atoms. The van der Waals surface area contributed by atoms with E-state index in [1.807, 2.05) is 0 Å². The number of carbonyl (C=O) groups is 1. The van der Waals surface area contributed by atoms with Gasteiger partial charge in [-0.15, -0.1) is 5.10 Å². The van der Waals surface area contributed by atoms with Gasteiger partial charge >= 0.3 is 0 Å². The summed E-state index contributed by atoms with van der Waals surface area (Å²) in [5.41, 5.74) is 0. The molecular weight excluding hydrogens is 278 g/mol. The van der Waals surface area contributed by atoms with Crippen LogP contribution in [0.3, 0.4) is 0 Å². The molecule has 3 fully saturated rings. The molecule has 3 aliphatic carbocycles. The van der Waals surface area contributed by atoms with Crippen molar-refractivity contribution in [1.29, 1.82) is 0 Å². The minimum absolute atomic E-state index is 0.202. The SMILES string of the molecule is CC(C1CC1)N(C(=O)Cn1nnnc1C1CCCC1)C1CC1. The van der Waals surface area contributed by atoms with E-state index in [2.05, 4.69) is 27.3 Å². The number of aromatic nitrogens is 4. The lowest BCUT2D eigenvalue weighted by atomic mass is 10.1. The van der Waals surface area contributed by atoms with E-state index < -0.39 is 0 Å². The molecule has 0 aliphatic heterocycles. The fourth-order valence-corrected chi connectivity index (χ4v) is 3.93. The zero-order valence-electron chi connectivity index (χ0n) is 13.3. The van der Waals surface area contributed by atoms with Crippen LogP contribution < -0.4 is 0 Å². The molecule has 1 atom stereocenters. The largest absolute Gasteiger partial charge is 0.335 e. The molecule has 1 amide bonds. The summed E-state index contributed by atoms with van der Waals surface area (Å²) in [6.07, 6.45) is 9.67. The van der Waals surface area contributed by atoms with Crippen LogP contribution in [0.15, 0.2) is 0 Å². The first-order chi connectivity index (χ1) is 10.7. The van der Waals surface area contributed by atoms with Crippen LogP contribution in [-0.4, -0.2) is 43.1 Å². The van der Waals surface area contributed by atoms with Crippen LogP contribution in [0.4, 0.5) is 0 Å². The molecule has 3 saturated carbocycles. The molecule has 0 aromatic carbocycles. The van der Waals surface area contributed by atoms with Crippen molar-refractivity contribution in [3.05, 3.63) is 5.82 Å². The molecule has 1 heterocycles. The maximum Gasteiger partial charge on any atom is 0.244 e. The second kappa shape index (κ2) is 5.63. The van der Waals surface area contributed by atoms with Crippen molar-refractivity contribution in [1.82, 2.24) is 25.1 Å². The number of tetrazole rings is 1. The smallest absolute Gasteiger partial charge is 0.244 e. The highest BCUT2D eigenvalue weighted by atomic mass is 16.2. The Morgan fingerprint density at radius 1 is 1.23 bits per heavy atom. The van der Waals surface area contributed by atoms with Crippen LogP contribution in [0.25, 0.3) is 0 Å². The van der Waals surface area contributed by atoms with Gasteiger partial charge < -0.3 is 4.90 Å². The molecule has 1 aromatic heterocycles. The highest BCUT2D eigenvalue weighted by molar-refractivity contribution is 5.77. The molecule has 0 bridgehead atoms. The summed E-state index contributed by atoms with van der Waals surface area (Å²) in [5, 5.41) is 12.1. The quantitative estimate of drug-likeness (QED) is 0.807. The summed E-state index contributed by atoms with van der Waals surface area (Å²) >= 11 is 0. The molecule has 1 unspecified atom stereocenters. The van der Waals surface area contributed by atoms with E-state index in [1.54, 1.807) is 4.68 Å². The van der Waals surface area contributed by atoms with Crippen molar-refractivity contribution in [3.8, 4) is 0 Å². The molecular formula is C16H25N5O. The second-order valence-electron chi connectivity index (χ2n) is 7.29. The topological polar surface area (TPSA) is 63.9 Å². The average molecular weight is 303 g/mol. The van der Waals surface area contributed by atoms with Gasteiger partial charge in [-0.05, 0) is 61.8 Å². The molecule has 6 heteroatoms. The molecule has 0 saturated heterocycles. The van der Waals surface area contributed by atoms with Gasteiger partial charge in [0.1, 0.15) is 6.54 Å². The number of hydrogen-bond acceptors (Lipinski definition) is 4. The second-order valence-corrected chi connectivity index (χ2v) is 7.29. The normalized spacial score (nSPS) is 23.7. The Kier molecular flexibility index (Phi) is 3.62. The van der Waals surface area contributed by atoms with Crippen LogP contribution in [0, 0.1) is 5.92 Å². The maximum atomic E-state index is 12.8. The van der Waals surface area contributed by atoms with Crippen LogP contribution >= 0.6 is 0 Å². The summed E-state index contributed by atoms with van der Waals surface area (Å²) in [6, 6.07) is 0.848. The third-order valence-electron chi connectivity index (χ3n) is 5.54. The number of carbonyl (C=O) groups excluding carboxylic acids is 1. The van der Waals surface area contributed by atoms with Gasteiger partial charge in [-0.25, -0.2) is 4.68 Å². The minimum Gasteiger partial charge on any atom is -0.335 e. The monoisotopic (exact) mass is 303 g/mol. The molecule has 0 spiro atoms. The predicted molar refractivity (Wildman–Crippen MR) is 81.1 cm³/mol. The number of amides is 1. The molecule has 0 N–H and O–H groups in total. The summed E-state index contributed by atoms with van der Waals surface area (Å²) in [4.78, 5) is 15.0. The van der Waals surface area contributed by atoms with E-state index in [0.717, 1.165) is 31.5 Å². The Morgan fingerprint density at radius 3 is 2.59 bits per heavy atom. The fourth-order valence-electron chi connectivity index (χ4n) is 3.93. The zero-order valence-corrected chi connectivity index (χ0v) is 13.3. The zero-order chi connectivity index (χ0) is 15.1. The standard InChI is InChI=1S/C16H25N5O/c1-11(12-6-7-12)21(14-8-9-14)15(22)10-20-16(17-18-19-20)13-4-2-3-5-13/h11-14H,2-10H2,1H3. The fraction of sp³-hybridized carbons (Fsp3) is 0.875. The molecule has 0 radical (unpaired) electrons. The summed E-state index contributed by atoms with van der Waals surface area (Å²) in [5.74, 6) is 2.28. The first-order valence-corrected chi connectivity index (χ1v) is 8.81. The maximum absolute atomic E-state index is 12.8. The van der Waals surface area contributed by atoms with Crippen molar-refractivity contribution in [2.24, 2.45) is 5.92 Å². The van der Waals surface area contributed by atoms with Gasteiger partial charge in [0.15, 0.2) is 5.82 Å². The van der Waals surface area contributed by atoms with Gasteiger partial charge in [0.2, 0.25) is 5.91 Å². The first kappa shape index (κ1) is 14.2. The van der Waals surface area contributed by atoms with E-state index in [0.29, 0.717) is 30.5 Å². The van der Waals surface area contributed by atoms with Crippen molar-refractivity contribution in [2.75, 3.05) is 0 Å². The Bertz CT molecular complexity index is 542. The van der Waals surface area contributed by atoms with E-state index in [4.69, 9.17) is 0 Å². The molecule has 3 aliphatic rings. The van der Waals surface area contributed by atoms with Crippen LogP contribution in [0.1, 0.15) is 70.0 Å². The van der Waals surface area contributed by atoms with Crippen molar-refractivity contribution < 1.29 is 4.79 Å². The summed E-state index contributed by atoms with van der Waals surface area (Å²) < 4.78 is 1.76. The third-order valence-corrected chi connectivity index (χ3v) is 5.54. The lowest BCUT2D eigenvalue weighted by Gasteiger charge is -2.29. The van der Waals surface area contributed by atoms with Gasteiger partial charge in [0.25, 0.3) is 0 Å². The van der Waals surface area contributed by atoms with Gasteiger partial charge in [-0.1, -0.05) is 12.8 Å². The first-order valence-electron chi connectivity index (χ1n) is 8.81. The summed E-state index contributed by atoms with van der Waals surface area (Å²) in [6.45, 7) is 2.53. The Labute approximate surface area is 131 Å². The van der Waals surface area contributed by atoms with Gasteiger partial charge in [-0.2, -0.15) is 0 Å². The van der Waals surface area contributed by atoms with Gasteiger partial charge in [-0.3, -0.25) is 4.79 Å². The van der Waals surface area contributed by atoms with Crippen LogP contribution in [-0.2, 0) is 11.3 Å². The summed E-state index contributed by atoms with van der Waals surface area (Å²) in [7, 11) is 0. The lowest BCUT2D eigenvalue weighted by molar-refractivity contribution is -0.135. The highest BCUT2D eigenvalue weighted by Crippen LogP contribution is 2.40. The number of rotatable bonds is 6. The molecule has 4 rings (SSSR count). The minimum atomic E-state index is 0.202. The van der Waals surface area contributed by atoms with Crippen LogP contribution in [0.5, 0.6) is 0 Å². The van der Waals surface area contributed by atoms with E-state index in [9.17, 15) is 4.79 Å². The number of nitrogens with zero attached hydrogens (tertiary/aromatic N) is 5. The Hall–Kier alpha value is -1.46. The molecule has 120 valence electrons. The Balaban J connectivity index is 1.47. The molecule has 1 aromatic rings. The Morgan fingerprint density at radius 2 is 1.95 bits per heavy atom. The third kappa shape index (κ3) is 2.75. The highest BCUT2D eigenvalue weighted by Gasteiger charge is 2.41. The van der Waals surface area contributed by atoms with Crippen molar-refractivity contribution >= 4 is 5.91 Å². The molecule has 6 nitrogen and oxygen atoms in total. The van der Waals surface area contributed by atoms with E-state index >= 15 is 0 Å². The van der Waals surface area contributed by atoms with Gasteiger partial charge in [0, 0.05) is 18.0 Å². The number of hydrogen-bond donors (Lipinski definition) is 0. The van der Waals surface area contributed by atoms with Crippen molar-refractivity contribution in [3.63, 3.8) is 0 Å². The van der Waals surface area contributed by atoms with Gasteiger partial charge in [0.05, 0.1) is 0 Å². The predicted octanol–water partition coefficient (Wildman–Crippen LogP) is 2.12.